The van der Waals surface area contributed by atoms with Gasteiger partial charge in [-0.15, -0.1) is 0 Å². The molecule has 0 aromatic heterocycles. The molecule has 1 aromatic rings. The van der Waals surface area contributed by atoms with Crippen molar-refractivity contribution in [2.24, 2.45) is 0 Å². The van der Waals surface area contributed by atoms with Gasteiger partial charge >= 0.3 is 0 Å². The third-order valence-corrected chi connectivity index (χ3v) is 2.06. The van der Waals surface area contributed by atoms with E-state index in [4.69, 9.17) is 4.74 Å². The van der Waals surface area contributed by atoms with Crippen LogP contribution in [0.3, 0.4) is 0 Å². The van der Waals surface area contributed by atoms with Crippen LogP contribution in [0.4, 0.5) is 0 Å². The second kappa shape index (κ2) is 7.44. The second-order valence-electron chi connectivity index (χ2n) is 3.74. The molecule has 0 heterocycles. The summed E-state index contributed by atoms with van der Waals surface area (Å²) in [5, 5.41) is 2.66. The number of ether oxygens (including phenoxy) is 1. The van der Waals surface area contributed by atoms with Gasteiger partial charge in [-0.2, -0.15) is 0 Å². The lowest BCUT2D eigenvalue weighted by molar-refractivity contribution is -0.127. The number of hydrogen-bond acceptors (Lipinski definition) is 3. The van der Waals surface area contributed by atoms with Crippen LogP contribution in [0.25, 0.3) is 0 Å². The summed E-state index contributed by atoms with van der Waals surface area (Å²) in [5.41, 5.74) is 0. The fourth-order valence-electron chi connectivity index (χ4n) is 1.30. The molecule has 0 radical (unpaired) electrons. The minimum atomic E-state index is -0.225. The zero-order valence-corrected chi connectivity index (χ0v) is 9.94. The van der Waals surface area contributed by atoms with Gasteiger partial charge in [0.15, 0.2) is 0 Å². The van der Waals surface area contributed by atoms with Gasteiger partial charge in [0.05, 0.1) is 13.0 Å². The number of ketones is 1. The van der Waals surface area contributed by atoms with Gasteiger partial charge in [0, 0.05) is 6.54 Å². The molecule has 1 amide bonds. The predicted molar refractivity (Wildman–Crippen MR) is 64.9 cm³/mol. The van der Waals surface area contributed by atoms with Crippen molar-refractivity contribution in [2.75, 3.05) is 13.2 Å². The van der Waals surface area contributed by atoms with Crippen molar-refractivity contribution in [3.8, 4) is 5.75 Å². The number of benzene rings is 1. The van der Waals surface area contributed by atoms with Gasteiger partial charge in [0.25, 0.3) is 0 Å². The third-order valence-electron chi connectivity index (χ3n) is 2.06. The first-order valence-corrected chi connectivity index (χ1v) is 5.62. The first-order chi connectivity index (χ1) is 8.18. The van der Waals surface area contributed by atoms with Crippen molar-refractivity contribution in [3.63, 3.8) is 0 Å². The fourth-order valence-corrected chi connectivity index (χ4v) is 1.30. The lowest BCUT2D eigenvalue weighted by atomic mass is 10.3. The van der Waals surface area contributed by atoms with Crippen LogP contribution in [0.5, 0.6) is 5.75 Å². The highest BCUT2D eigenvalue weighted by molar-refractivity contribution is 5.96. The summed E-state index contributed by atoms with van der Waals surface area (Å²) in [6.07, 6.45) is 0.679. The number of hydrogen-bond donors (Lipinski definition) is 1. The maximum atomic E-state index is 11.1. The van der Waals surface area contributed by atoms with Crippen molar-refractivity contribution in [1.82, 2.24) is 5.32 Å². The molecule has 0 saturated carbocycles. The number of nitrogens with one attached hydrogen (secondary N) is 1. The van der Waals surface area contributed by atoms with Crippen LogP contribution < -0.4 is 10.1 Å². The predicted octanol–water partition coefficient (Wildman–Crippen LogP) is 1.55. The van der Waals surface area contributed by atoms with E-state index in [2.05, 4.69) is 5.32 Å². The maximum Gasteiger partial charge on any atom is 0.227 e. The Labute approximate surface area is 101 Å². The molecule has 1 aromatic carbocycles. The molecule has 17 heavy (non-hydrogen) atoms. The number of amides is 1. The molecule has 0 saturated heterocycles. The Bertz CT molecular complexity index is 362. The van der Waals surface area contributed by atoms with Gasteiger partial charge in [0.1, 0.15) is 11.5 Å². The lowest BCUT2D eigenvalue weighted by Crippen LogP contribution is -2.26. The molecule has 4 heteroatoms. The van der Waals surface area contributed by atoms with E-state index in [9.17, 15) is 9.59 Å². The lowest BCUT2D eigenvalue weighted by Gasteiger charge is -2.06. The summed E-state index contributed by atoms with van der Waals surface area (Å²) in [7, 11) is 0. The molecule has 0 aliphatic heterocycles. The highest BCUT2D eigenvalue weighted by atomic mass is 16.5. The third kappa shape index (κ3) is 6.35. The van der Waals surface area contributed by atoms with E-state index in [-0.39, 0.29) is 18.1 Å². The van der Waals surface area contributed by atoms with E-state index in [0.717, 1.165) is 12.2 Å². The largest absolute Gasteiger partial charge is 0.494 e. The van der Waals surface area contributed by atoms with E-state index < -0.39 is 0 Å². The molecule has 0 aliphatic rings. The van der Waals surface area contributed by atoms with Crippen molar-refractivity contribution in [3.05, 3.63) is 30.3 Å². The van der Waals surface area contributed by atoms with Crippen molar-refractivity contribution in [2.45, 2.75) is 19.8 Å². The van der Waals surface area contributed by atoms with Crippen LogP contribution in [0.15, 0.2) is 30.3 Å². The van der Waals surface area contributed by atoms with Gasteiger partial charge in [0.2, 0.25) is 5.91 Å². The van der Waals surface area contributed by atoms with Gasteiger partial charge < -0.3 is 10.1 Å². The number of para-hydroxylation sites is 1. The SMILES string of the molecule is CC(=O)CC(=O)NCCCOc1ccccc1. The average molecular weight is 235 g/mol. The van der Waals surface area contributed by atoms with Gasteiger partial charge in [-0.3, -0.25) is 9.59 Å². The summed E-state index contributed by atoms with van der Waals surface area (Å²) < 4.78 is 5.45. The molecule has 1 N–H and O–H groups in total. The molecule has 1 rings (SSSR count). The summed E-state index contributed by atoms with van der Waals surface area (Å²) in [6, 6.07) is 9.51. The van der Waals surface area contributed by atoms with E-state index in [1.807, 2.05) is 30.3 Å². The van der Waals surface area contributed by atoms with E-state index in [1.165, 1.54) is 6.92 Å². The highest BCUT2D eigenvalue weighted by Crippen LogP contribution is 2.07. The summed E-state index contributed by atoms with van der Waals surface area (Å²) in [6.45, 7) is 2.47. The van der Waals surface area contributed by atoms with Crippen LogP contribution >= 0.6 is 0 Å². The smallest absolute Gasteiger partial charge is 0.227 e. The van der Waals surface area contributed by atoms with Crippen LogP contribution in [-0.2, 0) is 9.59 Å². The fraction of sp³-hybridized carbons (Fsp3) is 0.385. The van der Waals surface area contributed by atoms with Crippen molar-refractivity contribution < 1.29 is 14.3 Å². The second-order valence-corrected chi connectivity index (χ2v) is 3.74. The van der Waals surface area contributed by atoms with Crippen LogP contribution in [0.1, 0.15) is 19.8 Å². The minimum Gasteiger partial charge on any atom is -0.494 e. The van der Waals surface area contributed by atoms with E-state index in [0.29, 0.717) is 13.2 Å². The Balaban J connectivity index is 2.05. The van der Waals surface area contributed by atoms with E-state index >= 15 is 0 Å². The zero-order valence-electron chi connectivity index (χ0n) is 9.94. The molecule has 0 fully saturated rings. The summed E-state index contributed by atoms with van der Waals surface area (Å²) in [4.78, 5) is 21.8. The number of Topliss-reactive ketones (excluding diaryl/α,β-unsaturated/α-hetero) is 1. The quantitative estimate of drug-likeness (QED) is 0.576. The Morgan fingerprint density at radius 2 is 1.94 bits per heavy atom. The minimum absolute atomic E-state index is 0.0421. The number of rotatable bonds is 7. The summed E-state index contributed by atoms with van der Waals surface area (Å²) in [5.74, 6) is 0.475. The van der Waals surface area contributed by atoms with Crippen molar-refractivity contribution >= 4 is 11.7 Å². The molecular formula is C13H17NO3. The Hall–Kier alpha value is -1.84. The molecule has 92 valence electrons. The summed E-state index contributed by atoms with van der Waals surface area (Å²) >= 11 is 0. The molecular weight excluding hydrogens is 218 g/mol. The van der Waals surface area contributed by atoms with E-state index in [1.54, 1.807) is 0 Å². The molecule has 0 spiro atoms. The van der Waals surface area contributed by atoms with Gasteiger partial charge in [-0.1, -0.05) is 18.2 Å². The monoisotopic (exact) mass is 235 g/mol. The Morgan fingerprint density at radius 1 is 1.24 bits per heavy atom. The normalized spacial score (nSPS) is 9.71. The first-order valence-electron chi connectivity index (χ1n) is 5.62. The first kappa shape index (κ1) is 13.2. The molecule has 0 aliphatic carbocycles. The average Bonchev–Trinajstić information content (AvgIpc) is 2.29. The molecule has 4 nitrogen and oxygen atoms in total. The number of carbonyl (C=O) groups excluding carboxylic acids is 2. The van der Waals surface area contributed by atoms with Crippen LogP contribution in [0, 0.1) is 0 Å². The van der Waals surface area contributed by atoms with Crippen molar-refractivity contribution in [1.29, 1.82) is 0 Å². The standard InChI is InChI=1S/C13H17NO3/c1-11(15)10-13(16)14-8-5-9-17-12-6-3-2-4-7-12/h2-4,6-7H,5,8-10H2,1H3,(H,14,16). The highest BCUT2D eigenvalue weighted by Gasteiger charge is 2.03. The molecule has 0 atom stereocenters. The molecule has 0 unspecified atom stereocenters. The Morgan fingerprint density at radius 3 is 2.59 bits per heavy atom. The van der Waals surface area contributed by atoms with Crippen LogP contribution in [0.2, 0.25) is 0 Å². The molecule has 0 bridgehead atoms. The topological polar surface area (TPSA) is 55.4 Å². The zero-order chi connectivity index (χ0) is 12.5. The van der Waals surface area contributed by atoms with Crippen LogP contribution in [-0.4, -0.2) is 24.8 Å². The maximum absolute atomic E-state index is 11.1. The van der Waals surface area contributed by atoms with Gasteiger partial charge in [-0.25, -0.2) is 0 Å². The Kier molecular flexibility index (Phi) is 5.79. The number of carbonyl (C=O) groups is 2. The van der Waals surface area contributed by atoms with Gasteiger partial charge in [-0.05, 0) is 25.5 Å².